The van der Waals surface area contributed by atoms with Crippen molar-refractivity contribution in [3.63, 3.8) is 0 Å². The van der Waals surface area contributed by atoms with Crippen LogP contribution in [0.5, 0.6) is 0 Å². The predicted molar refractivity (Wildman–Crippen MR) is 219 cm³/mol. The van der Waals surface area contributed by atoms with Crippen molar-refractivity contribution in [2.24, 2.45) is 0 Å². The Bertz CT molecular complexity index is 2750. The maximum atomic E-state index is 8.76. The fraction of sp³-hybridized carbons (Fsp3) is 0.362. The van der Waals surface area contributed by atoms with E-state index in [4.69, 9.17) is 4.11 Å². The van der Waals surface area contributed by atoms with Crippen LogP contribution in [0.1, 0.15) is 115 Å². The number of nitrogens with zero attached hydrogens (tertiary/aromatic N) is 2. The third-order valence-corrected chi connectivity index (χ3v) is 11.8. The molecule has 0 unspecified atom stereocenters. The van der Waals surface area contributed by atoms with E-state index in [1.165, 1.54) is 71.3 Å². The summed E-state index contributed by atoms with van der Waals surface area (Å²) in [6, 6.07) is 27.7. The van der Waals surface area contributed by atoms with Crippen LogP contribution in [0.15, 0.2) is 72.8 Å². The van der Waals surface area contributed by atoms with Gasteiger partial charge in [-0.15, -0.1) is 0 Å². The second kappa shape index (κ2) is 9.55. The molecule has 2 nitrogen and oxygen atoms in total. The highest BCUT2D eigenvalue weighted by atomic mass is 15.0. The Kier molecular flexibility index (Phi) is 5.43. The normalized spacial score (nSPS) is 15.6. The largest absolute Gasteiger partial charge is 0.375 e. The summed E-state index contributed by atoms with van der Waals surface area (Å²) in [5.41, 5.74) is 15.6. The molecule has 0 aliphatic carbocycles. The van der Waals surface area contributed by atoms with Crippen LogP contribution in [0, 0.1) is 6.85 Å². The Hall–Kier alpha value is -4.24. The molecule has 0 N–H and O–H groups in total. The van der Waals surface area contributed by atoms with Crippen LogP contribution in [0.2, 0.25) is 0 Å². The van der Waals surface area contributed by atoms with E-state index in [1.807, 2.05) is 12.1 Å². The fourth-order valence-corrected chi connectivity index (χ4v) is 8.85. The average Bonchev–Trinajstić information content (AvgIpc) is 3.55. The van der Waals surface area contributed by atoms with Gasteiger partial charge in [0.05, 0.1) is 11.0 Å². The molecule has 0 spiro atoms. The molecule has 0 atom stereocenters. The van der Waals surface area contributed by atoms with Crippen molar-refractivity contribution in [1.82, 2.24) is 9.05 Å². The molecule has 2 aliphatic rings. The molecule has 2 aliphatic heterocycles. The molecule has 0 radical (unpaired) electrons. The lowest BCUT2D eigenvalue weighted by Gasteiger charge is -2.35. The molecule has 5 aromatic carbocycles. The Morgan fingerprint density at radius 2 is 1.02 bits per heavy atom. The second-order valence-corrected chi connectivity index (χ2v) is 19.4. The quantitative estimate of drug-likeness (QED) is 0.144. The number of hydrogen-bond acceptors (Lipinski definition) is 0. The summed E-state index contributed by atoms with van der Waals surface area (Å²) < 4.78 is 31.3. The molecule has 0 amide bonds. The van der Waals surface area contributed by atoms with Crippen molar-refractivity contribution in [1.29, 1.82) is 0 Å². The van der Waals surface area contributed by atoms with E-state index >= 15 is 0 Å². The lowest BCUT2D eigenvalue weighted by atomic mass is 9.45. The van der Waals surface area contributed by atoms with Crippen LogP contribution in [-0.2, 0) is 21.7 Å². The van der Waals surface area contributed by atoms with Gasteiger partial charge in [0.25, 0.3) is 0 Å². The van der Waals surface area contributed by atoms with E-state index in [1.54, 1.807) is 0 Å². The summed E-state index contributed by atoms with van der Waals surface area (Å²) in [6.45, 7) is 25.0. The van der Waals surface area contributed by atoms with Gasteiger partial charge in [0, 0.05) is 47.9 Å². The maximum Gasteiger partial charge on any atom is 0.333 e. The molecular formula is C47H51BN2. The van der Waals surface area contributed by atoms with E-state index in [0.29, 0.717) is 5.56 Å². The minimum Gasteiger partial charge on any atom is -0.375 e. The highest BCUT2D eigenvalue weighted by Gasteiger charge is 2.43. The molecule has 0 saturated carbocycles. The zero-order valence-electron chi connectivity index (χ0n) is 34.9. The summed E-state index contributed by atoms with van der Waals surface area (Å²) >= 11 is 0. The standard InChI is InChI=1S/C47H51BN2/c1-26-18-33-36-23-29(46(8,9)10)22-34-32-21-28(45(5,6)7)15-17-39(32)50(42(34)36)48-37-25-30(47(11,12)13)24-35-31-20-27(44(2,3)4)14-16-38(31)49(43(35)37)40(19-26)41(33)48/h14-25H,1-13H3/i1D3. The van der Waals surface area contributed by atoms with Gasteiger partial charge in [-0.1, -0.05) is 107 Å². The summed E-state index contributed by atoms with van der Waals surface area (Å²) in [5, 5.41) is 4.95. The molecule has 3 heteroatoms. The Labute approximate surface area is 302 Å². The number of hydrogen-bond donors (Lipinski definition) is 0. The number of aromatic nitrogens is 2. The number of fused-ring (bicyclic) bond motifs is 10. The molecule has 9 rings (SSSR count). The monoisotopic (exact) mass is 657 g/mol. The van der Waals surface area contributed by atoms with Gasteiger partial charge in [-0.05, 0) is 121 Å². The molecule has 0 bridgehead atoms. The van der Waals surface area contributed by atoms with Gasteiger partial charge < -0.3 is 9.05 Å². The van der Waals surface area contributed by atoms with Gasteiger partial charge in [-0.2, -0.15) is 0 Å². The van der Waals surface area contributed by atoms with Crippen molar-refractivity contribution in [2.45, 2.75) is 112 Å². The highest BCUT2D eigenvalue weighted by molar-refractivity contribution is 6.90. The first-order valence-corrected chi connectivity index (χ1v) is 18.4. The lowest BCUT2D eigenvalue weighted by Crippen LogP contribution is -2.55. The van der Waals surface area contributed by atoms with Gasteiger partial charge in [-0.3, -0.25) is 0 Å². The molecule has 0 saturated heterocycles. The van der Waals surface area contributed by atoms with Crippen LogP contribution >= 0.6 is 0 Å². The lowest BCUT2D eigenvalue weighted by molar-refractivity contribution is 0.590. The van der Waals surface area contributed by atoms with Gasteiger partial charge in [0.2, 0.25) is 0 Å². The summed E-state index contributed by atoms with van der Waals surface area (Å²) in [4.78, 5) is 0. The van der Waals surface area contributed by atoms with Gasteiger partial charge >= 0.3 is 6.85 Å². The number of benzene rings is 5. The second-order valence-electron chi connectivity index (χ2n) is 19.4. The Balaban J connectivity index is 1.55. The van der Waals surface area contributed by atoms with Crippen molar-refractivity contribution < 1.29 is 4.11 Å². The van der Waals surface area contributed by atoms with Gasteiger partial charge in [0.15, 0.2) is 0 Å². The van der Waals surface area contributed by atoms with E-state index in [0.717, 1.165) is 22.3 Å². The van der Waals surface area contributed by atoms with Crippen LogP contribution in [-0.4, -0.2) is 15.9 Å². The van der Waals surface area contributed by atoms with E-state index in [2.05, 4.69) is 153 Å². The highest BCUT2D eigenvalue weighted by Crippen LogP contribution is 2.46. The fourth-order valence-electron chi connectivity index (χ4n) is 8.85. The van der Waals surface area contributed by atoms with Crippen LogP contribution in [0.4, 0.5) is 0 Å². The molecule has 7 aromatic rings. The van der Waals surface area contributed by atoms with E-state index < -0.39 is 6.85 Å². The predicted octanol–water partition coefficient (Wildman–Crippen LogP) is 11.3. The van der Waals surface area contributed by atoms with Crippen molar-refractivity contribution >= 4 is 61.4 Å². The molecular weight excluding hydrogens is 603 g/mol. The zero-order chi connectivity index (χ0) is 38.1. The van der Waals surface area contributed by atoms with E-state index in [9.17, 15) is 0 Å². The van der Waals surface area contributed by atoms with E-state index in [-0.39, 0.29) is 28.5 Å². The van der Waals surface area contributed by atoms with Crippen LogP contribution in [0.3, 0.4) is 0 Å². The van der Waals surface area contributed by atoms with Gasteiger partial charge in [-0.25, -0.2) is 0 Å². The molecule has 4 heterocycles. The van der Waals surface area contributed by atoms with Gasteiger partial charge in [0.1, 0.15) is 0 Å². The Morgan fingerprint density at radius 1 is 0.500 bits per heavy atom. The maximum absolute atomic E-state index is 8.76. The average molecular weight is 658 g/mol. The molecule has 50 heavy (non-hydrogen) atoms. The summed E-state index contributed by atoms with van der Waals surface area (Å²) in [6.07, 6.45) is 0. The number of rotatable bonds is 0. The summed E-state index contributed by atoms with van der Waals surface area (Å²) in [5.74, 6) is 0. The third-order valence-electron chi connectivity index (χ3n) is 11.8. The first-order chi connectivity index (χ1) is 24.4. The van der Waals surface area contributed by atoms with Crippen LogP contribution in [0.25, 0.3) is 60.4 Å². The van der Waals surface area contributed by atoms with Crippen molar-refractivity contribution in [3.8, 4) is 16.8 Å². The smallest absolute Gasteiger partial charge is 0.333 e. The first-order valence-electron chi connectivity index (χ1n) is 19.9. The van der Waals surface area contributed by atoms with Crippen LogP contribution < -0.4 is 10.9 Å². The topological polar surface area (TPSA) is 9.86 Å². The molecule has 0 fully saturated rings. The molecule has 2 aromatic heterocycles. The third kappa shape index (κ3) is 4.22. The summed E-state index contributed by atoms with van der Waals surface area (Å²) in [7, 11) is 0. The van der Waals surface area contributed by atoms with Crippen molar-refractivity contribution in [3.05, 3.63) is 101 Å². The Morgan fingerprint density at radius 3 is 1.60 bits per heavy atom. The SMILES string of the molecule is [2H]C([2H])([2H])c1cc2c3c(c1)-n1c4ccc(C(C)(C)C)cc4c4cc(C(C)(C)C)cc(c41)B3n1c3ccc(C(C)(C)C)cc3c3cc(C(C)(C)C)cc-2c31. The molecule has 252 valence electrons. The minimum absolute atomic E-state index is 0.0110. The first kappa shape index (κ1) is 28.5. The zero-order valence-corrected chi connectivity index (χ0v) is 31.9. The minimum atomic E-state index is -2.27. The number of aryl methyl sites for hydroxylation is 1. The van der Waals surface area contributed by atoms with Crippen molar-refractivity contribution in [2.75, 3.05) is 0 Å².